The van der Waals surface area contributed by atoms with Gasteiger partial charge in [-0.15, -0.1) is 11.3 Å². The Bertz CT molecular complexity index is 538. The molecule has 0 aromatic carbocycles. The summed E-state index contributed by atoms with van der Waals surface area (Å²) in [6.07, 6.45) is 7.00. The molecule has 2 fully saturated rings. The highest BCUT2D eigenvalue weighted by atomic mass is 32.1. The quantitative estimate of drug-likeness (QED) is 0.893. The number of hydrogen-bond donors (Lipinski definition) is 1. The summed E-state index contributed by atoms with van der Waals surface area (Å²) in [6, 6.07) is 4.68. The van der Waals surface area contributed by atoms with Crippen LogP contribution in [-0.4, -0.2) is 11.0 Å². The zero-order chi connectivity index (χ0) is 11.9. The third-order valence-electron chi connectivity index (χ3n) is 3.55. The van der Waals surface area contributed by atoms with Crippen LogP contribution < -0.4 is 5.32 Å². The van der Waals surface area contributed by atoms with E-state index in [0.29, 0.717) is 5.92 Å². The van der Waals surface area contributed by atoms with Gasteiger partial charge in [0.2, 0.25) is 0 Å². The molecule has 3 nitrogen and oxygen atoms in total. The molecule has 0 atom stereocenters. The van der Waals surface area contributed by atoms with Crippen LogP contribution >= 0.6 is 11.3 Å². The van der Waals surface area contributed by atoms with Gasteiger partial charge >= 0.3 is 0 Å². The van der Waals surface area contributed by atoms with Gasteiger partial charge in [-0.2, -0.15) is 0 Å². The third kappa shape index (κ3) is 2.10. The van der Waals surface area contributed by atoms with Gasteiger partial charge in [-0.1, -0.05) is 0 Å². The monoisotopic (exact) mass is 260 g/mol. The Morgan fingerprint density at radius 1 is 1.33 bits per heavy atom. The molecule has 0 unspecified atom stereocenters. The SMILES string of the molecule is c1coc(-c2nc(C3CC3)c(CNC3CC3)s2)c1. The smallest absolute Gasteiger partial charge is 0.162 e. The van der Waals surface area contributed by atoms with E-state index in [9.17, 15) is 0 Å². The van der Waals surface area contributed by atoms with Crippen molar-refractivity contribution in [3.63, 3.8) is 0 Å². The van der Waals surface area contributed by atoms with Crippen LogP contribution in [0.1, 0.15) is 42.2 Å². The first-order chi connectivity index (χ1) is 8.90. The van der Waals surface area contributed by atoms with Crippen LogP contribution in [0.4, 0.5) is 0 Å². The molecule has 0 amide bonds. The second-order valence-corrected chi connectivity index (χ2v) is 6.32. The highest BCUT2D eigenvalue weighted by molar-refractivity contribution is 7.15. The average Bonchev–Trinajstić information content (AvgIpc) is 3.30. The van der Waals surface area contributed by atoms with Gasteiger partial charge in [0.05, 0.1) is 12.0 Å². The van der Waals surface area contributed by atoms with Gasteiger partial charge in [-0.25, -0.2) is 4.98 Å². The van der Waals surface area contributed by atoms with Gasteiger partial charge in [0.15, 0.2) is 10.8 Å². The maximum atomic E-state index is 5.45. The fourth-order valence-corrected chi connectivity index (χ4v) is 3.26. The van der Waals surface area contributed by atoms with Crippen molar-refractivity contribution in [2.75, 3.05) is 0 Å². The molecule has 4 rings (SSSR count). The Morgan fingerprint density at radius 2 is 2.22 bits per heavy atom. The Hall–Kier alpha value is -1.13. The van der Waals surface area contributed by atoms with E-state index in [1.807, 2.05) is 12.1 Å². The first-order valence-corrected chi connectivity index (χ1v) is 7.48. The molecule has 4 heteroatoms. The second kappa shape index (κ2) is 4.21. The molecule has 18 heavy (non-hydrogen) atoms. The fraction of sp³-hybridized carbons (Fsp3) is 0.500. The zero-order valence-electron chi connectivity index (χ0n) is 10.2. The lowest BCUT2D eigenvalue weighted by molar-refractivity contribution is 0.581. The number of furan rings is 1. The Labute approximate surface area is 110 Å². The number of nitrogens with one attached hydrogen (secondary N) is 1. The van der Waals surface area contributed by atoms with Crippen molar-refractivity contribution < 1.29 is 4.42 Å². The molecule has 0 radical (unpaired) electrons. The van der Waals surface area contributed by atoms with Crippen LogP contribution in [0.2, 0.25) is 0 Å². The molecule has 0 spiro atoms. The Balaban J connectivity index is 1.61. The van der Waals surface area contributed by atoms with Crippen LogP contribution in [0.25, 0.3) is 10.8 Å². The molecular formula is C14H16N2OS. The topological polar surface area (TPSA) is 38.1 Å². The molecule has 2 aliphatic carbocycles. The van der Waals surface area contributed by atoms with Crippen LogP contribution in [0.5, 0.6) is 0 Å². The first kappa shape index (κ1) is 10.8. The van der Waals surface area contributed by atoms with Crippen molar-refractivity contribution in [1.29, 1.82) is 0 Å². The second-order valence-electron chi connectivity index (χ2n) is 5.23. The number of hydrogen-bond acceptors (Lipinski definition) is 4. The fourth-order valence-electron chi connectivity index (χ4n) is 2.20. The van der Waals surface area contributed by atoms with E-state index in [-0.39, 0.29) is 0 Å². The minimum atomic E-state index is 0.709. The molecule has 2 aliphatic rings. The maximum absolute atomic E-state index is 5.45. The molecule has 1 N–H and O–H groups in total. The molecule has 0 saturated heterocycles. The summed E-state index contributed by atoms with van der Waals surface area (Å²) in [4.78, 5) is 6.21. The van der Waals surface area contributed by atoms with Gasteiger partial charge < -0.3 is 9.73 Å². The summed E-state index contributed by atoms with van der Waals surface area (Å²) >= 11 is 1.79. The highest BCUT2D eigenvalue weighted by Gasteiger charge is 2.31. The van der Waals surface area contributed by atoms with E-state index in [0.717, 1.165) is 23.4 Å². The molecule has 2 aromatic rings. The summed E-state index contributed by atoms with van der Waals surface area (Å²) < 4.78 is 5.45. The van der Waals surface area contributed by atoms with E-state index in [2.05, 4.69) is 5.32 Å². The largest absolute Gasteiger partial charge is 0.462 e. The number of nitrogens with zero attached hydrogens (tertiary/aromatic N) is 1. The minimum Gasteiger partial charge on any atom is -0.462 e. The maximum Gasteiger partial charge on any atom is 0.162 e. The predicted octanol–water partition coefficient (Wildman–Crippen LogP) is 3.53. The minimum absolute atomic E-state index is 0.709. The van der Waals surface area contributed by atoms with Gasteiger partial charge in [-0.05, 0) is 37.8 Å². The lowest BCUT2D eigenvalue weighted by atomic mass is 10.2. The van der Waals surface area contributed by atoms with Crippen molar-refractivity contribution in [2.45, 2.75) is 44.2 Å². The van der Waals surface area contributed by atoms with E-state index in [1.54, 1.807) is 17.6 Å². The van der Waals surface area contributed by atoms with Gasteiger partial charge in [0, 0.05) is 23.4 Å². The van der Waals surface area contributed by atoms with Gasteiger partial charge in [0.1, 0.15) is 0 Å². The predicted molar refractivity (Wildman–Crippen MR) is 71.7 cm³/mol. The third-order valence-corrected chi connectivity index (χ3v) is 4.64. The van der Waals surface area contributed by atoms with E-state index in [4.69, 9.17) is 9.40 Å². The van der Waals surface area contributed by atoms with Gasteiger partial charge in [-0.3, -0.25) is 0 Å². The lowest BCUT2D eigenvalue weighted by Crippen LogP contribution is -2.15. The average molecular weight is 260 g/mol. The number of aromatic nitrogens is 1. The summed E-state index contributed by atoms with van der Waals surface area (Å²) in [6.45, 7) is 0.981. The van der Waals surface area contributed by atoms with Crippen LogP contribution in [0.15, 0.2) is 22.8 Å². The molecule has 2 saturated carbocycles. The van der Waals surface area contributed by atoms with E-state index < -0.39 is 0 Å². The Morgan fingerprint density at radius 3 is 2.89 bits per heavy atom. The van der Waals surface area contributed by atoms with Crippen LogP contribution in [0.3, 0.4) is 0 Å². The molecular weight excluding hydrogens is 244 g/mol. The summed E-state index contributed by atoms with van der Waals surface area (Å²) in [5.74, 6) is 1.61. The normalized spacial score (nSPS) is 19.3. The molecule has 0 aliphatic heterocycles. The summed E-state index contributed by atoms with van der Waals surface area (Å²) in [7, 11) is 0. The summed E-state index contributed by atoms with van der Waals surface area (Å²) in [5.41, 5.74) is 1.32. The van der Waals surface area contributed by atoms with Crippen molar-refractivity contribution in [1.82, 2.24) is 10.3 Å². The Kier molecular flexibility index (Phi) is 2.52. The summed E-state index contributed by atoms with van der Waals surface area (Å²) in [5, 5.41) is 4.63. The van der Waals surface area contributed by atoms with Crippen molar-refractivity contribution in [3.05, 3.63) is 29.0 Å². The molecule has 2 aromatic heterocycles. The standard InChI is InChI=1S/C14H16N2OS/c1-2-11(17-7-1)14-16-13(9-3-4-9)12(18-14)8-15-10-5-6-10/h1-2,7,9-10,15H,3-6,8H2. The highest BCUT2D eigenvalue weighted by Crippen LogP contribution is 2.44. The van der Waals surface area contributed by atoms with Gasteiger partial charge in [0.25, 0.3) is 0 Å². The number of rotatable bonds is 5. The van der Waals surface area contributed by atoms with Crippen molar-refractivity contribution >= 4 is 11.3 Å². The molecule has 2 heterocycles. The van der Waals surface area contributed by atoms with Crippen molar-refractivity contribution in [3.8, 4) is 10.8 Å². The van der Waals surface area contributed by atoms with Crippen LogP contribution in [-0.2, 0) is 6.54 Å². The molecule has 94 valence electrons. The molecule has 0 bridgehead atoms. The van der Waals surface area contributed by atoms with E-state index >= 15 is 0 Å². The van der Waals surface area contributed by atoms with E-state index in [1.165, 1.54) is 36.3 Å². The van der Waals surface area contributed by atoms with Crippen LogP contribution in [0, 0.1) is 0 Å². The lowest BCUT2D eigenvalue weighted by Gasteiger charge is -2.01. The first-order valence-electron chi connectivity index (χ1n) is 6.67. The number of thiazole rings is 1. The van der Waals surface area contributed by atoms with Crippen molar-refractivity contribution in [2.24, 2.45) is 0 Å². The zero-order valence-corrected chi connectivity index (χ0v) is 11.0.